The number of urea groups is 1. The van der Waals surface area contributed by atoms with Crippen molar-refractivity contribution in [3.63, 3.8) is 0 Å². The van der Waals surface area contributed by atoms with Crippen LogP contribution in [0.15, 0.2) is 70.0 Å². The molecule has 27 heavy (non-hydrogen) atoms. The molecule has 0 saturated carbocycles. The molecule has 9 nitrogen and oxygen atoms in total. The van der Waals surface area contributed by atoms with E-state index < -0.39 is 23.1 Å². The topological polar surface area (TPSA) is 107 Å². The van der Waals surface area contributed by atoms with E-state index in [0.717, 1.165) is 13.7 Å². The highest BCUT2D eigenvalue weighted by molar-refractivity contribution is 5.89. The van der Waals surface area contributed by atoms with Gasteiger partial charge >= 0.3 is 23.1 Å². The predicted molar refractivity (Wildman–Crippen MR) is 103 cm³/mol. The van der Waals surface area contributed by atoms with Crippen LogP contribution in [0.5, 0.6) is 0 Å². The van der Waals surface area contributed by atoms with Crippen LogP contribution in [-0.2, 0) is 19.6 Å². The lowest BCUT2D eigenvalue weighted by molar-refractivity contribution is 0.251. The molecule has 0 fully saturated rings. The van der Waals surface area contributed by atoms with Crippen molar-refractivity contribution >= 4 is 11.7 Å². The maximum absolute atomic E-state index is 12.4. The second kappa shape index (κ2) is 9.18. The molecular formula is C18H21N5O4. The number of aromatic nitrogens is 3. The molecular weight excluding hydrogens is 350 g/mol. The maximum Gasteiger partial charge on any atom is 0.336 e. The first-order valence-electron chi connectivity index (χ1n) is 8.25. The molecule has 2 rings (SSSR count). The van der Waals surface area contributed by atoms with Crippen LogP contribution in [0.25, 0.3) is 0 Å². The second-order valence-corrected chi connectivity index (χ2v) is 5.54. The molecule has 0 aliphatic rings. The summed E-state index contributed by atoms with van der Waals surface area (Å²) in [6.07, 6.45) is 2.78. The Morgan fingerprint density at radius 1 is 0.889 bits per heavy atom. The molecule has 2 aromatic rings. The maximum atomic E-state index is 12.4. The molecule has 1 heterocycles. The van der Waals surface area contributed by atoms with E-state index >= 15 is 0 Å². The highest BCUT2D eigenvalue weighted by Crippen LogP contribution is 2.03. The molecule has 142 valence electrons. The van der Waals surface area contributed by atoms with Crippen LogP contribution >= 0.6 is 0 Å². The van der Waals surface area contributed by atoms with Crippen LogP contribution in [0.4, 0.5) is 10.5 Å². The third-order valence-electron chi connectivity index (χ3n) is 3.66. The van der Waals surface area contributed by atoms with Gasteiger partial charge in [0.2, 0.25) is 0 Å². The molecule has 2 N–H and O–H groups in total. The van der Waals surface area contributed by atoms with E-state index in [1.54, 1.807) is 24.3 Å². The summed E-state index contributed by atoms with van der Waals surface area (Å²) in [5.74, 6) is 0. The van der Waals surface area contributed by atoms with Crippen LogP contribution in [0.1, 0.15) is 0 Å². The predicted octanol–water partition coefficient (Wildman–Crippen LogP) is 0.365. The lowest BCUT2D eigenvalue weighted by Gasteiger charge is -2.13. The fourth-order valence-corrected chi connectivity index (χ4v) is 2.42. The number of hydrogen-bond donors (Lipinski definition) is 2. The summed E-state index contributed by atoms with van der Waals surface area (Å²) < 4.78 is 2.71. The smallest absolute Gasteiger partial charge is 0.336 e. The Morgan fingerprint density at radius 3 is 1.93 bits per heavy atom. The van der Waals surface area contributed by atoms with E-state index in [9.17, 15) is 19.2 Å². The van der Waals surface area contributed by atoms with E-state index in [1.165, 1.54) is 12.2 Å². The molecule has 0 aliphatic heterocycles. The lowest BCUT2D eigenvalue weighted by Crippen LogP contribution is -2.55. The number of amides is 2. The Kier molecular flexibility index (Phi) is 6.70. The van der Waals surface area contributed by atoms with E-state index in [0.29, 0.717) is 5.69 Å². The Hall–Kier alpha value is -3.62. The largest absolute Gasteiger partial charge is 0.336 e. The Bertz CT molecular complexity index is 953. The third-order valence-corrected chi connectivity index (χ3v) is 3.66. The molecule has 2 amide bonds. The van der Waals surface area contributed by atoms with Crippen molar-refractivity contribution in [2.45, 2.75) is 19.6 Å². The van der Waals surface area contributed by atoms with Crippen molar-refractivity contribution in [2.75, 3.05) is 11.9 Å². The Labute approximate surface area is 154 Å². The summed E-state index contributed by atoms with van der Waals surface area (Å²) in [4.78, 5) is 49.0. The van der Waals surface area contributed by atoms with E-state index in [-0.39, 0.29) is 26.2 Å². The lowest BCUT2D eigenvalue weighted by atomic mass is 10.3. The molecule has 0 spiro atoms. The summed E-state index contributed by atoms with van der Waals surface area (Å²) in [5.41, 5.74) is -1.62. The minimum Gasteiger partial charge on any atom is -0.336 e. The van der Waals surface area contributed by atoms with E-state index in [1.807, 2.05) is 6.07 Å². The third kappa shape index (κ3) is 4.72. The van der Waals surface area contributed by atoms with Gasteiger partial charge in [0.25, 0.3) is 0 Å². The fraction of sp³-hybridized carbons (Fsp3) is 0.222. The molecule has 9 heteroatoms. The first kappa shape index (κ1) is 19.7. The minimum atomic E-state index is -0.754. The zero-order valence-corrected chi connectivity index (χ0v) is 14.8. The van der Waals surface area contributed by atoms with Crippen molar-refractivity contribution < 1.29 is 4.79 Å². The van der Waals surface area contributed by atoms with Crippen LogP contribution in [0.3, 0.4) is 0 Å². The zero-order chi connectivity index (χ0) is 19.8. The van der Waals surface area contributed by atoms with Gasteiger partial charge in [0, 0.05) is 18.8 Å². The van der Waals surface area contributed by atoms with Crippen molar-refractivity contribution in [2.24, 2.45) is 0 Å². The minimum absolute atomic E-state index is 0.0220. The van der Waals surface area contributed by atoms with Gasteiger partial charge in [-0.3, -0.25) is 0 Å². The van der Waals surface area contributed by atoms with Gasteiger partial charge in [-0.2, -0.15) is 0 Å². The summed E-state index contributed by atoms with van der Waals surface area (Å²) in [7, 11) is 0. The number of allylic oxidation sites excluding steroid dienone is 2. The normalized spacial score (nSPS) is 10.2. The molecule has 0 aliphatic carbocycles. The van der Waals surface area contributed by atoms with E-state index in [2.05, 4.69) is 23.8 Å². The monoisotopic (exact) mass is 371 g/mol. The zero-order valence-electron chi connectivity index (χ0n) is 14.8. The fourth-order valence-electron chi connectivity index (χ4n) is 2.42. The van der Waals surface area contributed by atoms with Crippen molar-refractivity contribution in [3.8, 4) is 0 Å². The average molecular weight is 371 g/mol. The molecule has 0 saturated heterocycles. The van der Waals surface area contributed by atoms with Crippen LogP contribution in [0.2, 0.25) is 0 Å². The number of nitrogens with one attached hydrogen (secondary N) is 2. The van der Waals surface area contributed by atoms with Crippen molar-refractivity contribution in [3.05, 3.63) is 87.1 Å². The van der Waals surface area contributed by atoms with Crippen molar-refractivity contribution in [1.82, 2.24) is 19.0 Å². The Morgan fingerprint density at radius 2 is 1.41 bits per heavy atom. The van der Waals surface area contributed by atoms with E-state index in [4.69, 9.17) is 0 Å². The van der Waals surface area contributed by atoms with Gasteiger partial charge in [-0.1, -0.05) is 30.4 Å². The first-order valence-corrected chi connectivity index (χ1v) is 8.25. The van der Waals surface area contributed by atoms with Gasteiger partial charge in [-0.05, 0) is 12.1 Å². The van der Waals surface area contributed by atoms with Gasteiger partial charge in [-0.25, -0.2) is 32.9 Å². The summed E-state index contributed by atoms with van der Waals surface area (Å²) in [6, 6.07) is 8.36. The van der Waals surface area contributed by atoms with Gasteiger partial charge in [-0.15, -0.1) is 13.2 Å². The number of rotatable bonds is 8. The second-order valence-electron chi connectivity index (χ2n) is 5.54. The number of hydrogen-bond acceptors (Lipinski definition) is 4. The van der Waals surface area contributed by atoms with Crippen LogP contribution in [0, 0.1) is 0 Å². The molecule has 0 unspecified atom stereocenters. The number of carbonyl (C=O) groups excluding carboxylic acids is 1. The molecule has 1 aromatic heterocycles. The van der Waals surface area contributed by atoms with Gasteiger partial charge in [0.05, 0.1) is 13.1 Å². The number of para-hydroxylation sites is 1. The summed E-state index contributed by atoms with van der Waals surface area (Å²) in [5, 5.41) is 5.19. The summed E-state index contributed by atoms with van der Waals surface area (Å²) >= 11 is 0. The average Bonchev–Trinajstić information content (AvgIpc) is 2.66. The molecule has 0 atom stereocenters. The SMILES string of the molecule is C=CCn1c(=O)n(CC=C)c(=O)n(CCNC(=O)Nc2ccccc2)c1=O. The standard InChI is InChI=1S/C18H21N5O4/c1-3-11-21-16(25)22(12-4-2)18(27)23(17(21)26)13-10-19-15(24)20-14-8-6-5-7-9-14/h3-9H,1-2,10-13H2,(H2,19,20,24). The quantitative estimate of drug-likeness (QED) is 0.654. The van der Waals surface area contributed by atoms with Gasteiger partial charge < -0.3 is 10.6 Å². The number of carbonyl (C=O) groups is 1. The van der Waals surface area contributed by atoms with Crippen LogP contribution < -0.4 is 27.7 Å². The molecule has 0 radical (unpaired) electrons. The van der Waals surface area contributed by atoms with Crippen molar-refractivity contribution in [1.29, 1.82) is 0 Å². The van der Waals surface area contributed by atoms with Gasteiger partial charge in [0.1, 0.15) is 0 Å². The highest BCUT2D eigenvalue weighted by Gasteiger charge is 2.14. The molecule has 0 bridgehead atoms. The summed E-state index contributed by atoms with van der Waals surface area (Å²) in [6.45, 7) is 6.89. The highest BCUT2D eigenvalue weighted by atomic mass is 16.2. The molecule has 1 aromatic carbocycles. The number of benzene rings is 1. The number of nitrogens with zero attached hydrogens (tertiary/aromatic N) is 3. The van der Waals surface area contributed by atoms with Gasteiger partial charge in [0.15, 0.2) is 0 Å². The number of anilines is 1. The van der Waals surface area contributed by atoms with Crippen LogP contribution in [-0.4, -0.2) is 26.3 Å². The Balaban J connectivity index is 2.18. The first-order chi connectivity index (χ1) is 13.0.